The smallest absolute Gasteiger partial charge is 0.560 e. The van der Waals surface area contributed by atoms with E-state index in [4.69, 9.17) is 10.3 Å². The topological polar surface area (TPSA) is 179 Å². The summed E-state index contributed by atoms with van der Waals surface area (Å²) >= 11 is 0. The average Bonchev–Trinajstić information content (AvgIpc) is 2.40. The minimum Gasteiger partial charge on any atom is -0.560 e. The Morgan fingerprint density at radius 3 is 0.917 bits per heavy atom. The maximum atomic E-state index is 10.5. The molecule has 0 atom stereocenters. The summed E-state index contributed by atoms with van der Waals surface area (Å²) in [7, 11) is -7.51. The number of hydrogen-bond donors (Lipinski definition) is 0. The molecule has 0 saturated heterocycles. The van der Waals surface area contributed by atoms with E-state index >= 15 is 0 Å². The molecule has 6 N–H and O–H groups in total. The van der Waals surface area contributed by atoms with Crippen LogP contribution in [0.2, 0.25) is 0 Å². The maximum absolute atomic E-state index is 10.5. The van der Waals surface area contributed by atoms with Crippen molar-refractivity contribution >= 4 is 20.0 Å². The molecule has 0 aliphatic heterocycles. The van der Waals surface area contributed by atoms with Crippen LogP contribution >= 0.6 is 0 Å². The summed E-state index contributed by atoms with van der Waals surface area (Å²) in [5, 5.41) is 13.3. The van der Waals surface area contributed by atoms with Crippen LogP contribution in [0.1, 0.15) is 0 Å². The molecule has 2 rings (SSSR count). The van der Waals surface area contributed by atoms with Gasteiger partial charge < -0.3 is 21.2 Å². The molecule has 0 fully saturated rings. The average molecular weight is 479 g/mol. The first-order valence-corrected chi connectivity index (χ1v) is 8.27. The Morgan fingerprint density at radius 2 is 0.792 bits per heavy atom. The number of rotatable bonds is 2. The molecule has 0 radical (unpaired) electrons. The fourth-order valence-corrected chi connectivity index (χ4v) is 2.23. The van der Waals surface area contributed by atoms with Crippen molar-refractivity contribution in [2.24, 2.45) is 0 Å². The molecule has 2 aromatic rings. The summed E-state index contributed by atoms with van der Waals surface area (Å²) in [5.41, 5.74) is 0. The monoisotopic (exact) mass is 478 g/mol. The third-order valence-corrected chi connectivity index (χ3v) is 3.89. The third-order valence-electron chi connectivity index (χ3n) is 2.11. The SMILES string of the molecule is O.O.[Ag+].[NH-]S(=O)(=O)c1ccccc1.[NH-]S(=O)(=O)c1ccccc1.[Na+]. The Balaban J connectivity index is -0.000000143. The first kappa shape index (κ1) is 31.7. The zero-order valence-corrected chi connectivity index (χ0v) is 17.6. The number of benzene rings is 2. The van der Waals surface area contributed by atoms with Gasteiger partial charge in [0.2, 0.25) is 0 Å². The molecular formula is C12H16AgN2NaO6S2. The predicted molar refractivity (Wildman–Crippen MR) is 83.1 cm³/mol. The van der Waals surface area contributed by atoms with E-state index in [9.17, 15) is 16.8 Å². The van der Waals surface area contributed by atoms with Crippen molar-refractivity contribution in [3.8, 4) is 0 Å². The normalized spacial score (nSPS) is 9.42. The molecule has 0 saturated carbocycles. The molecule has 0 heterocycles. The van der Waals surface area contributed by atoms with Gasteiger partial charge in [-0.25, -0.2) is 16.8 Å². The van der Waals surface area contributed by atoms with Gasteiger partial charge in [0.15, 0.2) is 0 Å². The van der Waals surface area contributed by atoms with Crippen LogP contribution in [0, 0.1) is 0 Å². The van der Waals surface area contributed by atoms with Crippen LogP contribution in [0.5, 0.6) is 0 Å². The van der Waals surface area contributed by atoms with E-state index in [0.29, 0.717) is 0 Å². The number of hydrogen-bond acceptors (Lipinski definition) is 4. The zero-order chi connectivity index (χ0) is 15.2. The third kappa shape index (κ3) is 12.3. The van der Waals surface area contributed by atoms with Crippen LogP contribution in [0.3, 0.4) is 0 Å². The minimum atomic E-state index is -3.75. The van der Waals surface area contributed by atoms with Crippen LogP contribution in [0.25, 0.3) is 10.3 Å². The van der Waals surface area contributed by atoms with Gasteiger partial charge in [0.05, 0.1) is 20.0 Å². The van der Waals surface area contributed by atoms with Gasteiger partial charge in [-0.05, 0) is 24.3 Å². The van der Waals surface area contributed by atoms with E-state index in [2.05, 4.69) is 0 Å². The fraction of sp³-hybridized carbons (Fsp3) is 0. The van der Waals surface area contributed by atoms with Gasteiger partial charge in [0.25, 0.3) is 0 Å². The Bertz CT molecular complexity index is 691. The van der Waals surface area contributed by atoms with Crippen LogP contribution in [0.4, 0.5) is 0 Å². The van der Waals surface area contributed by atoms with Crippen molar-refractivity contribution in [2.45, 2.75) is 9.79 Å². The molecule has 0 unspecified atom stereocenters. The van der Waals surface area contributed by atoms with Gasteiger partial charge in [0, 0.05) is 9.79 Å². The van der Waals surface area contributed by atoms with Gasteiger partial charge in [-0.1, -0.05) is 36.4 Å². The second-order valence-electron chi connectivity index (χ2n) is 3.63. The van der Waals surface area contributed by atoms with Crippen LogP contribution in [-0.2, 0) is 42.4 Å². The molecule has 8 nitrogen and oxygen atoms in total. The van der Waals surface area contributed by atoms with Gasteiger partial charge >= 0.3 is 51.9 Å². The summed E-state index contributed by atoms with van der Waals surface area (Å²) in [5.74, 6) is 0. The minimum absolute atomic E-state index is 0. The molecule has 0 amide bonds. The van der Waals surface area contributed by atoms with E-state index in [1.54, 1.807) is 36.4 Å². The molecule has 12 heteroatoms. The van der Waals surface area contributed by atoms with E-state index in [1.807, 2.05) is 0 Å². The Labute approximate surface area is 179 Å². The summed E-state index contributed by atoms with van der Waals surface area (Å²) < 4.78 is 42.0. The molecule has 0 aliphatic carbocycles. The van der Waals surface area contributed by atoms with Crippen LogP contribution in [0.15, 0.2) is 70.5 Å². The van der Waals surface area contributed by atoms with Crippen molar-refractivity contribution in [2.75, 3.05) is 0 Å². The molecule has 134 valence electrons. The first-order chi connectivity index (χ1) is 9.21. The van der Waals surface area contributed by atoms with Gasteiger partial charge in [-0.2, -0.15) is 0 Å². The molecule has 0 bridgehead atoms. The van der Waals surface area contributed by atoms with Crippen LogP contribution in [-0.4, -0.2) is 27.8 Å². The predicted octanol–water partition coefficient (Wildman–Crippen LogP) is -1.79. The van der Waals surface area contributed by atoms with Gasteiger partial charge in [-0.3, -0.25) is 0 Å². The van der Waals surface area contributed by atoms with Gasteiger partial charge in [-0.15, -0.1) is 0 Å². The van der Waals surface area contributed by atoms with Crippen molar-refractivity contribution in [1.29, 1.82) is 0 Å². The summed E-state index contributed by atoms with van der Waals surface area (Å²) in [6.45, 7) is 0. The Hall–Kier alpha value is -0.0797. The second-order valence-corrected chi connectivity index (χ2v) is 6.59. The Morgan fingerprint density at radius 1 is 0.583 bits per heavy atom. The number of sulfonamides is 2. The fourth-order valence-electron chi connectivity index (χ4n) is 1.20. The molecule has 0 aromatic heterocycles. The van der Waals surface area contributed by atoms with E-state index in [0.717, 1.165) is 0 Å². The van der Waals surface area contributed by atoms with E-state index < -0.39 is 20.0 Å². The largest absolute Gasteiger partial charge is 1.00 e. The quantitative estimate of drug-likeness (QED) is 0.462. The van der Waals surface area contributed by atoms with Crippen molar-refractivity contribution in [3.63, 3.8) is 0 Å². The maximum Gasteiger partial charge on any atom is 1.00 e. The second kappa shape index (κ2) is 14.1. The number of nitrogens with one attached hydrogen (secondary N) is 2. The molecule has 24 heavy (non-hydrogen) atoms. The molecular weight excluding hydrogens is 463 g/mol. The standard InChI is InChI=1S/2C6H6NO2S.Ag.Na.2H2O/c2*7-10(8,9)6-4-2-1-3-5-6;;;;/h2*1-5H,(H-,7,8,9);;;2*1H2/q2*-1;2*+1;;. The molecule has 0 aliphatic rings. The summed E-state index contributed by atoms with van der Waals surface area (Å²) in [4.78, 5) is 0.0741. The molecule has 2 aromatic carbocycles. The Kier molecular flexibility index (Phi) is 18.6. The molecule has 0 spiro atoms. The van der Waals surface area contributed by atoms with E-state index in [-0.39, 0.29) is 72.7 Å². The van der Waals surface area contributed by atoms with Gasteiger partial charge in [0.1, 0.15) is 0 Å². The van der Waals surface area contributed by atoms with Crippen LogP contribution < -0.4 is 29.6 Å². The van der Waals surface area contributed by atoms with E-state index in [1.165, 1.54) is 24.3 Å². The summed E-state index contributed by atoms with van der Waals surface area (Å²) in [6.07, 6.45) is 0. The summed E-state index contributed by atoms with van der Waals surface area (Å²) in [6, 6.07) is 15.3. The first-order valence-electron chi connectivity index (χ1n) is 5.30. The van der Waals surface area contributed by atoms with Crippen molar-refractivity contribution < 1.29 is 79.7 Å². The zero-order valence-electron chi connectivity index (χ0n) is 12.5. The van der Waals surface area contributed by atoms with Crippen molar-refractivity contribution in [3.05, 3.63) is 70.9 Å². The van der Waals surface area contributed by atoms with Crippen molar-refractivity contribution in [1.82, 2.24) is 0 Å².